The number of piperidine rings is 1. The van der Waals surface area contributed by atoms with E-state index in [1.165, 1.54) is 0 Å². The number of ether oxygens (including phenoxy) is 1. The van der Waals surface area contributed by atoms with Crippen LogP contribution < -0.4 is 4.74 Å². The lowest BCUT2D eigenvalue weighted by atomic mass is 9.87. The lowest BCUT2D eigenvalue weighted by Gasteiger charge is -2.37. The average Bonchev–Trinajstić information content (AvgIpc) is 3.49. The van der Waals surface area contributed by atoms with Crippen molar-refractivity contribution < 1.29 is 19.1 Å². The first-order valence-corrected chi connectivity index (χ1v) is 12.0. The molecule has 2 atom stereocenters. The van der Waals surface area contributed by atoms with E-state index in [-0.39, 0.29) is 6.04 Å². The van der Waals surface area contributed by atoms with Gasteiger partial charge in [0.15, 0.2) is 5.58 Å². The highest BCUT2D eigenvalue weighted by Crippen LogP contribution is 2.33. The Hall–Kier alpha value is -3.39. The molecule has 2 unspecified atom stereocenters. The molecule has 1 fully saturated rings. The number of nitrogens with zero attached hydrogens (tertiary/aromatic N) is 3. The number of carboxylic acid groups (broad SMARTS) is 1. The molecular weight excluding hydrogens is 438 g/mol. The second-order valence-corrected chi connectivity index (χ2v) is 9.25. The highest BCUT2D eigenvalue weighted by molar-refractivity contribution is 7.09. The number of rotatable bonds is 7. The molecule has 4 aromatic rings. The minimum atomic E-state index is -0.849. The van der Waals surface area contributed by atoms with Gasteiger partial charge in [-0.2, -0.15) is 0 Å². The summed E-state index contributed by atoms with van der Waals surface area (Å²) in [6.45, 7) is 1.11. The van der Waals surface area contributed by atoms with E-state index in [0.29, 0.717) is 31.4 Å². The number of hydrogen-bond acceptors (Lipinski definition) is 6. The van der Waals surface area contributed by atoms with Crippen LogP contribution in [0.4, 0.5) is 4.79 Å². The Bertz CT molecular complexity index is 1190. The summed E-state index contributed by atoms with van der Waals surface area (Å²) in [5.41, 5.74) is 2.40. The molecule has 1 amide bonds. The summed E-state index contributed by atoms with van der Waals surface area (Å²) in [5, 5.41) is 12.5. The van der Waals surface area contributed by atoms with E-state index in [9.17, 15) is 9.90 Å². The molecule has 5 rings (SSSR count). The smallest absolute Gasteiger partial charge is 0.407 e. The number of benzene rings is 2. The van der Waals surface area contributed by atoms with Crippen LogP contribution in [-0.4, -0.2) is 45.3 Å². The largest absolute Gasteiger partial charge is 0.493 e. The van der Waals surface area contributed by atoms with Gasteiger partial charge in [-0.3, -0.25) is 0 Å². The van der Waals surface area contributed by atoms with Crippen molar-refractivity contribution in [3.05, 3.63) is 65.1 Å². The Morgan fingerprint density at radius 3 is 2.88 bits per heavy atom. The van der Waals surface area contributed by atoms with Gasteiger partial charge in [0.25, 0.3) is 0 Å². The Morgan fingerprint density at radius 1 is 1.21 bits per heavy atom. The predicted octanol–water partition coefficient (Wildman–Crippen LogP) is 5.72. The van der Waals surface area contributed by atoms with Gasteiger partial charge in [-0.05, 0) is 49.4 Å². The van der Waals surface area contributed by atoms with Crippen molar-refractivity contribution in [2.24, 2.45) is 5.92 Å². The number of fused-ring (bicyclic) bond motifs is 1. The van der Waals surface area contributed by atoms with Gasteiger partial charge >= 0.3 is 6.09 Å². The Morgan fingerprint density at radius 2 is 2.06 bits per heavy atom. The van der Waals surface area contributed by atoms with Crippen LogP contribution in [-0.2, 0) is 6.42 Å². The van der Waals surface area contributed by atoms with Crippen LogP contribution >= 0.6 is 11.3 Å². The molecule has 0 spiro atoms. The number of thiazole rings is 1. The first-order chi connectivity index (χ1) is 16.2. The van der Waals surface area contributed by atoms with Crippen molar-refractivity contribution in [1.29, 1.82) is 0 Å². The highest BCUT2D eigenvalue weighted by Gasteiger charge is 2.32. The second-order valence-electron chi connectivity index (χ2n) is 8.27. The topological polar surface area (TPSA) is 88.7 Å². The third kappa shape index (κ3) is 4.85. The summed E-state index contributed by atoms with van der Waals surface area (Å²) in [6, 6.07) is 15.4. The summed E-state index contributed by atoms with van der Waals surface area (Å²) >= 11 is 1.58. The Kier molecular flexibility index (Phi) is 6.26. The molecule has 2 aromatic heterocycles. The van der Waals surface area contributed by atoms with Gasteiger partial charge in [-0.15, -0.1) is 11.3 Å². The molecule has 0 saturated carbocycles. The highest BCUT2D eigenvalue weighted by atomic mass is 32.1. The maximum Gasteiger partial charge on any atom is 0.407 e. The summed E-state index contributed by atoms with van der Waals surface area (Å²) in [4.78, 5) is 22.2. The van der Waals surface area contributed by atoms with Crippen LogP contribution in [0.25, 0.3) is 22.6 Å². The number of likely N-dealkylation sites (tertiary alicyclic amines) is 1. The van der Waals surface area contributed by atoms with Crippen LogP contribution in [0.15, 0.2) is 64.5 Å². The maximum atomic E-state index is 11.7. The van der Waals surface area contributed by atoms with E-state index in [0.717, 1.165) is 46.7 Å². The molecule has 1 saturated heterocycles. The molecule has 8 heteroatoms. The zero-order valence-corrected chi connectivity index (χ0v) is 18.9. The SMILES string of the molecule is O=C(O)N1CCC(CCOc2ccccc2-c2nc3ccccc3o2)CC1Cc1nccs1. The number of oxazole rings is 1. The second kappa shape index (κ2) is 9.62. The normalized spacial score (nSPS) is 18.5. The summed E-state index contributed by atoms with van der Waals surface area (Å²) < 4.78 is 12.1. The number of carbonyl (C=O) groups is 1. The Balaban J connectivity index is 1.23. The van der Waals surface area contributed by atoms with E-state index >= 15 is 0 Å². The van der Waals surface area contributed by atoms with Gasteiger partial charge in [-0.25, -0.2) is 14.8 Å². The van der Waals surface area contributed by atoms with Crippen molar-refractivity contribution in [1.82, 2.24) is 14.9 Å². The minimum absolute atomic E-state index is 0.0422. The van der Waals surface area contributed by atoms with Crippen molar-refractivity contribution in [2.75, 3.05) is 13.2 Å². The van der Waals surface area contributed by atoms with E-state index in [1.807, 2.05) is 53.9 Å². The van der Waals surface area contributed by atoms with Crippen LogP contribution in [0.3, 0.4) is 0 Å². The molecule has 170 valence electrons. The summed E-state index contributed by atoms with van der Waals surface area (Å²) in [6.07, 6.45) is 4.12. The average molecular weight is 464 g/mol. The number of para-hydroxylation sites is 3. The molecule has 1 aliphatic rings. The van der Waals surface area contributed by atoms with Crippen molar-refractivity contribution in [3.8, 4) is 17.2 Å². The molecular formula is C25H25N3O4S. The molecule has 3 heterocycles. The fourth-order valence-electron chi connectivity index (χ4n) is 4.49. The summed E-state index contributed by atoms with van der Waals surface area (Å²) in [5.74, 6) is 1.69. The van der Waals surface area contributed by atoms with Gasteiger partial charge < -0.3 is 19.2 Å². The number of hydrogen-bond donors (Lipinski definition) is 1. The van der Waals surface area contributed by atoms with E-state index in [1.54, 1.807) is 22.4 Å². The molecule has 2 aromatic carbocycles. The minimum Gasteiger partial charge on any atom is -0.493 e. The lowest BCUT2D eigenvalue weighted by molar-refractivity contribution is 0.0842. The number of aromatic nitrogens is 2. The third-order valence-corrected chi connectivity index (χ3v) is 6.96. The van der Waals surface area contributed by atoms with Gasteiger partial charge in [0.1, 0.15) is 11.3 Å². The monoisotopic (exact) mass is 463 g/mol. The van der Waals surface area contributed by atoms with Crippen LogP contribution in [0.1, 0.15) is 24.3 Å². The quantitative estimate of drug-likeness (QED) is 0.377. The number of amides is 1. The van der Waals surface area contributed by atoms with Crippen molar-refractivity contribution in [3.63, 3.8) is 0 Å². The molecule has 0 aliphatic carbocycles. The van der Waals surface area contributed by atoms with E-state index < -0.39 is 6.09 Å². The van der Waals surface area contributed by atoms with Crippen LogP contribution in [0.5, 0.6) is 5.75 Å². The Labute approximate surface area is 195 Å². The predicted molar refractivity (Wildman–Crippen MR) is 127 cm³/mol. The van der Waals surface area contributed by atoms with Crippen LogP contribution in [0.2, 0.25) is 0 Å². The first kappa shape index (κ1) is 21.5. The zero-order valence-electron chi connectivity index (χ0n) is 18.1. The molecule has 0 bridgehead atoms. The van der Waals surface area contributed by atoms with E-state index in [2.05, 4.69) is 9.97 Å². The van der Waals surface area contributed by atoms with Crippen molar-refractivity contribution >= 4 is 28.5 Å². The summed E-state index contributed by atoms with van der Waals surface area (Å²) in [7, 11) is 0. The third-order valence-electron chi connectivity index (χ3n) is 6.16. The standard InChI is InChI=1S/C25H25N3O4S/c29-25(30)28-12-9-17(15-18(28)16-23-26-11-14-33-23)10-13-31-21-7-3-1-5-19(21)24-27-20-6-2-4-8-22(20)32-24/h1-8,11,14,17-18H,9-10,12-13,15-16H2,(H,29,30). The van der Waals surface area contributed by atoms with Crippen molar-refractivity contribution in [2.45, 2.75) is 31.7 Å². The van der Waals surface area contributed by atoms with Crippen LogP contribution in [0, 0.1) is 5.92 Å². The molecule has 33 heavy (non-hydrogen) atoms. The maximum absolute atomic E-state index is 11.7. The molecule has 1 N–H and O–H groups in total. The molecule has 0 radical (unpaired) electrons. The first-order valence-electron chi connectivity index (χ1n) is 11.1. The molecule has 1 aliphatic heterocycles. The van der Waals surface area contributed by atoms with Gasteiger partial charge in [0.2, 0.25) is 5.89 Å². The zero-order chi connectivity index (χ0) is 22.6. The lowest BCUT2D eigenvalue weighted by Crippen LogP contribution is -2.46. The van der Waals surface area contributed by atoms with Gasteiger partial charge in [0, 0.05) is 30.6 Å². The van der Waals surface area contributed by atoms with Gasteiger partial charge in [0.05, 0.1) is 17.2 Å². The van der Waals surface area contributed by atoms with Gasteiger partial charge in [-0.1, -0.05) is 24.3 Å². The fourth-order valence-corrected chi connectivity index (χ4v) is 5.18. The fraction of sp³-hybridized carbons (Fsp3) is 0.320. The molecule has 7 nitrogen and oxygen atoms in total. The van der Waals surface area contributed by atoms with E-state index in [4.69, 9.17) is 9.15 Å².